The van der Waals surface area contributed by atoms with Crippen LogP contribution >= 0.6 is 27.3 Å². The van der Waals surface area contributed by atoms with E-state index in [0.29, 0.717) is 26.7 Å². The standard InChI is InChI=1S/C20H19BrN2O4S/c1-11-17(12-5-7-13(25-2)8-6-12)22-20(28-11)23-19(24)15-9-14(26-3)10-16(21)18(15)27-4/h5-10H,1-4H3,(H,22,23,24). The second kappa shape index (κ2) is 8.62. The summed E-state index contributed by atoms with van der Waals surface area (Å²) in [6, 6.07) is 11.0. The molecule has 0 unspecified atom stereocenters. The lowest BCUT2D eigenvalue weighted by atomic mass is 10.1. The molecule has 2 aromatic carbocycles. The zero-order valence-corrected chi connectivity index (χ0v) is 18.2. The van der Waals surface area contributed by atoms with Gasteiger partial charge in [-0.2, -0.15) is 0 Å². The van der Waals surface area contributed by atoms with Gasteiger partial charge in [-0.25, -0.2) is 4.98 Å². The van der Waals surface area contributed by atoms with Crippen molar-refractivity contribution in [2.75, 3.05) is 26.6 Å². The van der Waals surface area contributed by atoms with E-state index in [9.17, 15) is 4.79 Å². The highest BCUT2D eigenvalue weighted by Crippen LogP contribution is 2.35. The van der Waals surface area contributed by atoms with Gasteiger partial charge in [-0.1, -0.05) is 0 Å². The molecule has 1 aromatic heterocycles. The van der Waals surface area contributed by atoms with Crippen LogP contribution in [0.5, 0.6) is 17.2 Å². The predicted octanol–water partition coefficient (Wildman–Crippen LogP) is 5.16. The highest BCUT2D eigenvalue weighted by atomic mass is 79.9. The van der Waals surface area contributed by atoms with Gasteiger partial charge in [0.1, 0.15) is 17.2 Å². The maximum absolute atomic E-state index is 12.8. The van der Waals surface area contributed by atoms with Gasteiger partial charge in [-0.3, -0.25) is 10.1 Å². The zero-order chi connectivity index (χ0) is 20.3. The smallest absolute Gasteiger partial charge is 0.261 e. The van der Waals surface area contributed by atoms with Gasteiger partial charge in [0, 0.05) is 10.4 Å². The first-order valence-electron chi connectivity index (χ1n) is 8.31. The zero-order valence-electron chi connectivity index (χ0n) is 15.8. The first-order chi connectivity index (χ1) is 13.5. The fourth-order valence-corrected chi connectivity index (χ4v) is 4.13. The molecule has 0 spiro atoms. The third kappa shape index (κ3) is 4.13. The lowest BCUT2D eigenvalue weighted by molar-refractivity contribution is 0.102. The molecular formula is C20H19BrN2O4S. The molecule has 1 amide bonds. The minimum absolute atomic E-state index is 0.327. The minimum Gasteiger partial charge on any atom is -0.497 e. The van der Waals surface area contributed by atoms with Crippen LogP contribution in [-0.2, 0) is 0 Å². The molecule has 0 aliphatic carbocycles. The third-order valence-corrected chi connectivity index (χ3v) is 5.56. The third-order valence-electron chi connectivity index (χ3n) is 4.08. The molecule has 0 atom stereocenters. The van der Waals surface area contributed by atoms with Crippen molar-refractivity contribution in [3.63, 3.8) is 0 Å². The Labute approximate surface area is 175 Å². The molecule has 0 bridgehead atoms. The van der Waals surface area contributed by atoms with Crippen LogP contribution in [-0.4, -0.2) is 32.2 Å². The molecule has 146 valence electrons. The minimum atomic E-state index is -0.327. The van der Waals surface area contributed by atoms with E-state index in [2.05, 4.69) is 26.2 Å². The predicted molar refractivity (Wildman–Crippen MR) is 114 cm³/mol. The van der Waals surface area contributed by atoms with Crippen LogP contribution in [0.3, 0.4) is 0 Å². The Kier molecular flexibility index (Phi) is 6.21. The van der Waals surface area contributed by atoms with Gasteiger partial charge in [0.2, 0.25) is 0 Å². The number of nitrogens with zero attached hydrogens (tertiary/aromatic N) is 1. The highest BCUT2D eigenvalue weighted by Gasteiger charge is 2.19. The van der Waals surface area contributed by atoms with Crippen molar-refractivity contribution >= 4 is 38.3 Å². The van der Waals surface area contributed by atoms with Crippen molar-refractivity contribution < 1.29 is 19.0 Å². The largest absolute Gasteiger partial charge is 0.497 e. The highest BCUT2D eigenvalue weighted by molar-refractivity contribution is 9.10. The lowest BCUT2D eigenvalue weighted by Crippen LogP contribution is -2.13. The summed E-state index contributed by atoms with van der Waals surface area (Å²) >= 11 is 4.81. The number of hydrogen-bond donors (Lipinski definition) is 1. The van der Waals surface area contributed by atoms with Crippen molar-refractivity contribution in [1.82, 2.24) is 4.98 Å². The van der Waals surface area contributed by atoms with E-state index >= 15 is 0 Å². The average molecular weight is 463 g/mol. The van der Waals surface area contributed by atoms with Crippen molar-refractivity contribution in [3.05, 3.63) is 51.3 Å². The van der Waals surface area contributed by atoms with Crippen LogP contribution in [0.4, 0.5) is 5.13 Å². The molecule has 6 nitrogen and oxygen atoms in total. The van der Waals surface area contributed by atoms with Crippen LogP contribution in [0.25, 0.3) is 11.3 Å². The number of anilines is 1. The molecule has 3 aromatic rings. The summed E-state index contributed by atoms with van der Waals surface area (Å²) in [5, 5.41) is 3.36. The van der Waals surface area contributed by atoms with Crippen LogP contribution in [0.2, 0.25) is 0 Å². The number of amides is 1. The molecule has 8 heteroatoms. The van der Waals surface area contributed by atoms with E-state index in [1.807, 2.05) is 31.2 Å². The Morgan fingerprint density at radius 3 is 2.32 bits per heavy atom. The van der Waals surface area contributed by atoms with E-state index in [1.54, 1.807) is 26.4 Å². The fourth-order valence-electron chi connectivity index (χ4n) is 2.69. The Morgan fingerprint density at radius 1 is 1.04 bits per heavy atom. The Bertz CT molecular complexity index is 1000. The summed E-state index contributed by atoms with van der Waals surface area (Å²) in [7, 11) is 4.68. The van der Waals surface area contributed by atoms with E-state index in [-0.39, 0.29) is 5.91 Å². The molecule has 0 aliphatic rings. The topological polar surface area (TPSA) is 69.7 Å². The summed E-state index contributed by atoms with van der Waals surface area (Å²) in [6.07, 6.45) is 0. The van der Waals surface area contributed by atoms with Gasteiger partial charge in [0.05, 0.1) is 37.1 Å². The molecule has 1 heterocycles. The molecule has 28 heavy (non-hydrogen) atoms. The van der Waals surface area contributed by atoms with Crippen LogP contribution in [0, 0.1) is 6.92 Å². The summed E-state index contributed by atoms with van der Waals surface area (Å²) in [4.78, 5) is 18.4. The number of carbonyl (C=O) groups is 1. The number of rotatable bonds is 6. The molecule has 0 saturated carbocycles. The summed E-state index contributed by atoms with van der Waals surface area (Å²) in [5.41, 5.74) is 2.13. The van der Waals surface area contributed by atoms with Gasteiger partial charge in [-0.05, 0) is 59.3 Å². The number of hydrogen-bond acceptors (Lipinski definition) is 6. The second-order valence-corrected chi connectivity index (χ2v) is 7.85. The summed E-state index contributed by atoms with van der Waals surface area (Å²) in [5.74, 6) is 1.43. The van der Waals surface area contributed by atoms with Crippen molar-refractivity contribution in [2.45, 2.75) is 6.92 Å². The molecule has 0 radical (unpaired) electrons. The first-order valence-corrected chi connectivity index (χ1v) is 9.92. The van der Waals surface area contributed by atoms with Gasteiger partial charge < -0.3 is 14.2 Å². The van der Waals surface area contributed by atoms with Gasteiger partial charge in [0.25, 0.3) is 5.91 Å². The number of halogens is 1. The maximum atomic E-state index is 12.8. The van der Waals surface area contributed by atoms with Crippen LogP contribution < -0.4 is 19.5 Å². The number of methoxy groups -OCH3 is 3. The number of aromatic nitrogens is 1. The Hall–Kier alpha value is -2.58. The van der Waals surface area contributed by atoms with Gasteiger partial charge in [0.15, 0.2) is 5.13 Å². The van der Waals surface area contributed by atoms with Crippen LogP contribution in [0.15, 0.2) is 40.9 Å². The second-order valence-electron chi connectivity index (χ2n) is 5.80. The average Bonchev–Trinajstić information content (AvgIpc) is 3.07. The Morgan fingerprint density at radius 2 is 1.71 bits per heavy atom. The molecular weight excluding hydrogens is 444 g/mol. The van der Waals surface area contributed by atoms with Gasteiger partial charge >= 0.3 is 0 Å². The van der Waals surface area contributed by atoms with Crippen molar-refractivity contribution in [1.29, 1.82) is 0 Å². The van der Waals surface area contributed by atoms with E-state index in [1.165, 1.54) is 18.4 Å². The van der Waals surface area contributed by atoms with E-state index < -0.39 is 0 Å². The van der Waals surface area contributed by atoms with Crippen molar-refractivity contribution in [2.24, 2.45) is 0 Å². The van der Waals surface area contributed by atoms with E-state index in [0.717, 1.165) is 21.9 Å². The number of thiazole rings is 1. The van der Waals surface area contributed by atoms with Gasteiger partial charge in [-0.15, -0.1) is 11.3 Å². The summed E-state index contributed by atoms with van der Waals surface area (Å²) in [6.45, 7) is 1.97. The van der Waals surface area contributed by atoms with Crippen molar-refractivity contribution in [3.8, 4) is 28.5 Å². The number of nitrogens with one attached hydrogen (secondary N) is 1. The fraction of sp³-hybridized carbons (Fsp3) is 0.200. The lowest BCUT2D eigenvalue weighted by Gasteiger charge is -2.12. The van der Waals surface area contributed by atoms with Crippen LogP contribution in [0.1, 0.15) is 15.2 Å². The molecule has 0 aliphatic heterocycles. The number of ether oxygens (including phenoxy) is 3. The summed E-state index contributed by atoms with van der Waals surface area (Å²) < 4.78 is 16.4. The molecule has 3 rings (SSSR count). The number of aryl methyl sites for hydroxylation is 1. The Balaban J connectivity index is 1.88. The normalized spacial score (nSPS) is 10.5. The molecule has 0 fully saturated rings. The van der Waals surface area contributed by atoms with E-state index in [4.69, 9.17) is 14.2 Å². The quantitative estimate of drug-likeness (QED) is 0.547. The number of carbonyl (C=O) groups excluding carboxylic acids is 1. The maximum Gasteiger partial charge on any atom is 0.261 e. The SMILES string of the molecule is COc1ccc(-c2nc(NC(=O)c3cc(OC)cc(Br)c3OC)sc2C)cc1. The molecule has 1 N–H and O–H groups in total. The number of benzene rings is 2. The molecule has 0 saturated heterocycles. The first kappa shape index (κ1) is 20.2. The monoisotopic (exact) mass is 462 g/mol.